The summed E-state index contributed by atoms with van der Waals surface area (Å²) in [7, 11) is 0. The Bertz CT molecular complexity index is 592. The van der Waals surface area contributed by atoms with E-state index in [1.165, 1.54) is 16.7 Å². The van der Waals surface area contributed by atoms with Gasteiger partial charge in [0.1, 0.15) is 17.4 Å². The van der Waals surface area contributed by atoms with E-state index >= 15 is 0 Å². The number of aryl methyl sites for hydroxylation is 2. The molecule has 1 heterocycles. The fourth-order valence-electron chi connectivity index (χ4n) is 2.16. The molecule has 1 N–H and O–H groups in total. The third-order valence-electron chi connectivity index (χ3n) is 3.54. The lowest BCUT2D eigenvalue weighted by Crippen LogP contribution is -2.13. The molecule has 114 valence electrons. The molecule has 2 rings (SSSR count). The van der Waals surface area contributed by atoms with Gasteiger partial charge in [-0.25, -0.2) is 4.98 Å². The van der Waals surface area contributed by atoms with Gasteiger partial charge in [0.25, 0.3) is 0 Å². The topological polar surface area (TPSA) is 34.2 Å². The van der Waals surface area contributed by atoms with Gasteiger partial charge in [0.05, 0.1) is 5.69 Å². The van der Waals surface area contributed by atoms with Gasteiger partial charge in [-0.1, -0.05) is 19.1 Å². The Balaban J connectivity index is 1.96. The van der Waals surface area contributed by atoms with Gasteiger partial charge in [-0.3, -0.25) is 0 Å². The van der Waals surface area contributed by atoms with Gasteiger partial charge in [0.2, 0.25) is 0 Å². The minimum absolute atomic E-state index is 0.537. The molecule has 0 atom stereocenters. The standard InChI is InChI=1S/C17H24N2OS/c1-5-8-18-9-16-19-15(11-21-16)10-20-17-13(3)7-6-12(2)14(17)4/h6-7,11,18H,5,8-10H2,1-4H3. The number of thiazole rings is 1. The van der Waals surface area contributed by atoms with Crippen molar-refractivity contribution < 1.29 is 4.74 Å². The summed E-state index contributed by atoms with van der Waals surface area (Å²) in [6, 6.07) is 4.25. The van der Waals surface area contributed by atoms with Gasteiger partial charge in [-0.05, 0) is 50.4 Å². The molecule has 0 fully saturated rings. The number of nitrogens with zero attached hydrogens (tertiary/aromatic N) is 1. The smallest absolute Gasteiger partial charge is 0.131 e. The first-order chi connectivity index (χ1) is 10.1. The van der Waals surface area contributed by atoms with Crippen molar-refractivity contribution in [2.24, 2.45) is 0 Å². The van der Waals surface area contributed by atoms with Gasteiger partial charge in [-0.2, -0.15) is 0 Å². The van der Waals surface area contributed by atoms with Crippen molar-refractivity contribution in [3.05, 3.63) is 44.9 Å². The Morgan fingerprint density at radius 3 is 2.71 bits per heavy atom. The van der Waals surface area contributed by atoms with Crippen molar-refractivity contribution in [2.75, 3.05) is 6.54 Å². The third-order valence-corrected chi connectivity index (χ3v) is 4.44. The van der Waals surface area contributed by atoms with Crippen molar-refractivity contribution in [1.29, 1.82) is 0 Å². The molecule has 2 aromatic rings. The molecule has 0 bridgehead atoms. The summed E-state index contributed by atoms with van der Waals surface area (Å²) in [5.41, 5.74) is 4.67. The van der Waals surface area contributed by atoms with Crippen LogP contribution in [0.1, 0.15) is 40.7 Å². The van der Waals surface area contributed by atoms with Crippen LogP contribution in [0.3, 0.4) is 0 Å². The Kier molecular flexibility index (Phi) is 5.76. The average molecular weight is 304 g/mol. The van der Waals surface area contributed by atoms with Crippen molar-refractivity contribution >= 4 is 11.3 Å². The molecule has 0 spiro atoms. The largest absolute Gasteiger partial charge is 0.487 e. The maximum atomic E-state index is 6.00. The number of rotatable bonds is 7. The van der Waals surface area contributed by atoms with Crippen molar-refractivity contribution in [1.82, 2.24) is 10.3 Å². The molecule has 4 heteroatoms. The van der Waals surface area contributed by atoms with Gasteiger partial charge >= 0.3 is 0 Å². The molecule has 1 aromatic carbocycles. The SMILES string of the molecule is CCCNCc1nc(COc2c(C)ccc(C)c2C)cs1. The van der Waals surface area contributed by atoms with E-state index in [0.717, 1.165) is 36.0 Å². The summed E-state index contributed by atoms with van der Waals surface area (Å²) in [5.74, 6) is 0.994. The lowest BCUT2D eigenvalue weighted by atomic mass is 10.1. The molecule has 0 saturated carbocycles. The van der Waals surface area contributed by atoms with Gasteiger partial charge in [0.15, 0.2) is 0 Å². The second-order valence-corrected chi connectivity index (χ2v) is 6.29. The van der Waals surface area contributed by atoms with Crippen LogP contribution in [0.5, 0.6) is 5.75 Å². The second kappa shape index (κ2) is 7.57. The summed E-state index contributed by atoms with van der Waals surface area (Å²) in [6.07, 6.45) is 1.15. The van der Waals surface area contributed by atoms with E-state index in [2.05, 4.69) is 55.5 Å². The third kappa shape index (κ3) is 4.29. The molecule has 21 heavy (non-hydrogen) atoms. The van der Waals surface area contributed by atoms with Crippen LogP contribution in [0.25, 0.3) is 0 Å². The van der Waals surface area contributed by atoms with Crippen LogP contribution in [-0.2, 0) is 13.2 Å². The zero-order valence-electron chi connectivity index (χ0n) is 13.3. The Morgan fingerprint density at radius 2 is 1.95 bits per heavy atom. The monoisotopic (exact) mass is 304 g/mol. The number of benzene rings is 1. The number of hydrogen-bond acceptors (Lipinski definition) is 4. The zero-order chi connectivity index (χ0) is 15.2. The highest BCUT2D eigenvalue weighted by Crippen LogP contribution is 2.26. The van der Waals surface area contributed by atoms with Crippen LogP contribution in [0, 0.1) is 20.8 Å². The highest BCUT2D eigenvalue weighted by atomic mass is 32.1. The van der Waals surface area contributed by atoms with Crippen LogP contribution in [0.15, 0.2) is 17.5 Å². The predicted molar refractivity (Wildman–Crippen MR) is 89.1 cm³/mol. The molecule has 0 aliphatic heterocycles. The van der Waals surface area contributed by atoms with Crippen LogP contribution in [0.2, 0.25) is 0 Å². The fraction of sp³-hybridized carbons (Fsp3) is 0.471. The maximum absolute atomic E-state index is 6.00. The Labute approximate surface area is 131 Å². The van der Waals surface area contributed by atoms with Gasteiger partial charge in [0, 0.05) is 11.9 Å². The summed E-state index contributed by atoms with van der Waals surface area (Å²) in [4.78, 5) is 4.61. The summed E-state index contributed by atoms with van der Waals surface area (Å²) in [6.45, 7) is 10.9. The van der Waals surface area contributed by atoms with Gasteiger partial charge < -0.3 is 10.1 Å². The van der Waals surface area contributed by atoms with E-state index in [1.807, 2.05) is 0 Å². The number of nitrogens with one attached hydrogen (secondary N) is 1. The average Bonchev–Trinajstić information content (AvgIpc) is 2.91. The van der Waals surface area contributed by atoms with Crippen molar-refractivity contribution in [3.63, 3.8) is 0 Å². The summed E-state index contributed by atoms with van der Waals surface area (Å²) < 4.78 is 6.00. The lowest BCUT2D eigenvalue weighted by molar-refractivity contribution is 0.297. The molecule has 0 amide bonds. The van der Waals surface area contributed by atoms with E-state index in [0.29, 0.717) is 6.61 Å². The minimum Gasteiger partial charge on any atom is -0.487 e. The highest BCUT2D eigenvalue weighted by Gasteiger charge is 2.08. The predicted octanol–water partition coefficient (Wildman–Crippen LogP) is 4.15. The fourth-order valence-corrected chi connectivity index (χ4v) is 2.91. The quantitative estimate of drug-likeness (QED) is 0.780. The Hall–Kier alpha value is -1.39. The number of aromatic nitrogens is 1. The van der Waals surface area contributed by atoms with Crippen molar-refractivity contribution in [3.8, 4) is 5.75 Å². The second-order valence-electron chi connectivity index (χ2n) is 5.35. The van der Waals surface area contributed by atoms with Crippen LogP contribution in [-0.4, -0.2) is 11.5 Å². The van der Waals surface area contributed by atoms with Crippen LogP contribution in [0.4, 0.5) is 0 Å². The Morgan fingerprint density at radius 1 is 1.19 bits per heavy atom. The molecule has 0 saturated heterocycles. The lowest BCUT2D eigenvalue weighted by Gasteiger charge is -2.13. The summed E-state index contributed by atoms with van der Waals surface area (Å²) >= 11 is 1.69. The first kappa shape index (κ1) is 16.0. The first-order valence-electron chi connectivity index (χ1n) is 7.45. The molecule has 0 aliphatic carbocycles. The molecular weight excluding hydrogens is 280 g/mol. The number of hydrogen-bond donors (Lipinski definition) is 1. The van der Waals surface area contributed by atoms with Crippen LogP contribution < -0.4 is 10.1 Å². The highest BCUT2D eigenvalue weighted by molar-refractivity contribution is 7.09. The van der Waals surface area contributed by atoms with Crippen molar-refractivity contribution in [2.45, 2.75) is 47.3 Å². The first-order valence-corrected chi connectivity index (χ1v) is 8.33. The van der Waals surface area contributed by atoms with E-state index in [-0.39, 0.29) is 0 Å². The minimum atomic E-state index is 0.537. The van der Waals surface area contributed by atoms with Crippen LogP contribution >= 0.6 is 11.3 Å². The molecule has 0 aliphatic rings. The molecule has 0 radical (unpaired) electrons. The zero-order valence-corrected chi connectivity index (χ0v) is 14.1. The maximum Gasteiger partial charge on any atom is 0.131 e. The molecule has 3 nitrogen and oxygen atoms in total. The van der Waals surface area contributed by atoms with E-state index in [9.17, 15) is 0 Å². The molecule has 0 unspecified atom stereocenters. The van der Waals surface area contributed by atoms with E-state index < -0.39 is 0 Å². The van der Waals surface area contributed by atoms with E-state index in [4.69, 9.17) is 4.74 Å². The number of ether oxygens (including phenoxy) is 1. The van der Waals surface area contributed by atoms with Gasteiger partial charge in [-0.15, -0.1) is 11.3 Å². The summed E-state index contributed by atoms with van der Waals surface area (Å²) in [5, 5.41) is 6.58. The normalized spacial score (nSPS) is 10.9. The molecular formula is C17H24N2OS. The van der Waals surface area contributed by atoms with E-state index in [1.54, 1.807) is 11.3 Å². The molecule has 1 aromatic heterocycles.